The molecule has 3 N–H and O–H groups in total. The van der Waals surface area contributed by atoms with Crippen LogP contribution in [0.4, 0.5) is 5.82 Å². The Balaban J connectivity index is 1.43. The van der Waals surface area contributed by atoms with Gasteiger partial charge in [-0.2, -0.15) is 0 Å². The number of fused-ring (bicyclic) bond motifs is 2. The molecule has 180 valence electrons. The fourth-order valence-electron chi connectivity index (χ4n) is 4.95. The number of benzene rings is 2. The zero-order valence-corrected chi connectivity index (χ0v) is 20.3. The lowest BCUT2D eigenvalue weighted by Gasteiger charge is -2.15. The van der Waals surface area contributed by atoms with Gasteiger partial charge in [-0.05, 0) is 69.6 Å². The van der Waals surface area contributed by atoms with E-state index < -0.39 is 0 Å². The molecule has 0 fully saturated rings. The highest BCUT2D eigenvalue weighted by molar-refractivity contribution is 6.10. The van der Waals surface area contributed by atoms with Crippen molar-refractivity contribution in [2.45, 2.75) is 64.5 Å². The van der Waals surface area contributed by atoms with Gasteiger partial charge in [-0.3, -0.25) is 4.79 Å². The summed E-state index contributed by atoms with van der Waals surface area (Å²) < 4.78 is 1.98. The highest BCUT2D eigenvalue weighted by Crippen LogP contribution is 2.30. The van der Waals surface area contributed by atoms with E-state index in [9.17, 15) is 4.79 Å². The summed E-state index contributed by atoms with van der Waals surface area (Å²) in [6.45, 7) is 2.73. The third-order valence-electron chi connectivity index (χ3n) is 6.95. The van der Waals surface area contributed by atoms with Gasteiger partial charge in [-0.25, -0.2) is 9.97 Å². The van der Waals surface area contributed by atoms with Gasteiger partial charge in [0.25, 0.3) is 5.91 Å². The SMILES string of the molecule is C[C@H](CCc1ccccc1)NC(=O)c1c(N)n(CCC2=CCCCC2)c2nc3ccccc3nc12. The summed E-state index contributed by atoms with van der Waals surface area (Å²) in [5, 5.41) is 3.15. The molecule has 6 nitrogen and oxygen atoms in total. The number of carbonyl (C=O) groups excluding carboxylic acids is 1. The molecule has 1 amide bonds. The van der Waals surface area contributed by atoms with Crippen molar-refractivity contribution in [2.24, 2.45) is 0 Å². The summed E-state index contributed by atoms with van der Waals surface area (Å²) in [6, 6.07) is 18.1. The molecule has 4 aromatic rings. The first-order chi connectivity index (χ1) is 17.1. The van der Waals surface area contributed by atoms with Crippen molar-refractivity contribution in [3.05, 3.63) is 77.4 Å². The normalized spacial score (nSPS) is 14.7. The first-order valence-corrected chi connectivity index (χ1v) is 12.7. The van der Waals surface area contributed by atoms with Crippen molar-refractivity contribution in [1.82, 2.24) is 19.9 Å². The number of hydrogen-bond donors (Lipinski definition) is 2. The van der Waals surface area contributed by atoms with Crippen molar-refractivity contribution in [1.29, 1.82) is 0 Å². The first-order valence-electron chi connectivity index (χ1n) is 12.7. The van der Waals surface area contributed by atoms with Crippen LogP contribution in [-0.2, 0) is 13.0 Å². The van der Waals surface area contributed by atoms with Crippen molar-refractivity contribution >= 4 is 33.9 Å². The van der Waals surface area contributed by atoms with Gasteiger partial charge in [-0.15, -0.1) is 0 Å². The molecule has 2 aromatic carbocycles. The van der Waals surface area contributed by atoms with Crippen LogP contribution in [0.3, 0.4) is 0 Å². The molecule has 0 bridgehead atoms. The summed E-state index contributed by atoms with van der Waals surface area (Å²) in [5.74, 6) is 0.257. The van der Waals surface area contributed by atoms with Gasteiger partial charge in [0.1, 0.15) is 16.9 Å². The predicted octanol–water partition coefficient (Wildman–Crippen LogP) is 5.81. The lowest BCUT2D eigenvalue weighted by atomic mass is 9.97. The van der Waals surface area contributed by atoms with Gasteiger partial charge < -0.3 is 15.6 Å². The Morgan fingerprint density at radius 2 is 1.77 bits per heavy atom. The van der Waals surface area contributed by atoms with Gasteiger partial charge >= 0.3 is 0 Å². The van der Waals surface area contributed by atoms with Gasteiger partial charge in [0, 0.05) is 12.6 Å². The van der Waals surface area contributed by atoms with E-state index in [0.29, 0.717) is 29.1 Å². The number of para-hydroxylation sites is 2. The Kier molecular flexibility index (Phi) is 6.80. The van der Waals surface area contributed by atoms with Gasteiger partial charge in [0.2, 0.25) is 0 Å². The number of nitrogens with zero attached hydrogens (tertiary/aromatic N) is 3. The lowest BCUT2D eigenvalue weighted by Crippen LogP contribution is -2.33. The quantitative estimate of drug-likeness (QED) is 0.320. The molecule has 6 heteroatoms. The standard InChI is InChI=1S/C29H33N5O/c1-20(16-17-21-10-4-2-5-11-21)31-29(35)25-26-28(33-24-15-9-8-14-23(24)32-26)34(27(25)30)19-18-22-12-6-3-7-13-22/h2,4-5,8-12,14-15,20H,3,6-7,13,16-19,30H2,1H3,(H,31,35)/t20-/m1/s1. The van der Waals surface area contributed by atoms with Crippen LogP contribution in [-0.4, -0.2) is 26.5 Å². The number of amides is 1. The predicted molar refractivity (Wildman–Crippen MR) is 142 cm³/mol. The van der Waals surface area contributed by atoms with Crippen LogP contribution in [0.1, 0.15) is 61.4 Å². The third-order valence-corrected chi connectivity index (χ3v) is 6.95. The molecule has 0 aliphatic heterocycles. The minimum absolute atomic E-state index is 0.00122. The average Bonchev–Trinajstić information content (AvgIpc) is 3.16. The Morgan fingerprint density at radius 1 is 1.03 bits per heavy atom. The van der Waals surface area contributed by atoms with Crippen LogP contribution in [0, 0.1) is 0 Å². The third kappa shape index (κ3) is 5.06. The molecular weight excluding hydrogens is 434 g/mol. The van der Waals surface area contributed by atoms with Crippen molar-refractivity contribution < 1.29 is 4.79 Å². The van der Waals surface area contributed by atoms with E-state index in [4.69, 9.17) is 15.7 Å². The monoisotopic (exact) mass is 467 g/mol. The second-order valence-corrected chi connectivity index (χ2v) is 9.55. The topological polar surface area (TPSA) is 85.8 Å². The zero-order chi connectivity index (χ0) is 24.2. The highest BCUT2D eigenvalue weighted by Gasteiger charge is 2.25. The summed E-state index contributed by atoms with van der Waals surface area (Å²) in [5.41, 5.74) is 12.6. The fourth-order valence-corrected chi connectivity index (χ4v) is 4.95. The summed E-state index contributed by atoms with van der Waals surface area (Å²) in [7, 11) is 0. The molecule has 0 saturated heterocycles. The molecule has 0 unspecified atom stereocenters. The maximum absolute atomic E-state index is 13.5. The van der Waals surface area contributed by atoms with Crippen LogP contribution in [0.25, 0.3) is 22.2 Å². The molecular formula is C29H33N5O. The van der Waals surface area contributed by atoms with E-state index in [-0.39, 0.29) is 11.9 Å². The second kappa shape index (κ2) is 10.3. The number of carbonyl (C=O) groups is 1. The smallest absolute Gasteiger partial charge is 0.257 e. The molecule has 1 aliphatic carbocycles. The number of hydrogen-bond acceptors (Lipinski definition) is 4. The molecule has 2 aromatic heterocycles. The Morgan fingerprint density at radius 3 is 2.51 bits per heavy atom. The Bertz CT molecular complexity index is 1370. The molecule has 35 heavy (non-hydrogen) atoms. The molecule has 2 heterocycles. The number of nitrogen functional groups attached to an aromatic ring is 1. The van der Waals surface area contributed by atoms with E-state index in [2.05, 4.69) is 23.5 Å². The molecule has 1 aliphatic rings. The van der Waals surface area contributed by atoms with Gasteiger partial charge in [0.05, 0.1) is 11.0 Å². The highest BCUT2D eigenvalue weighted by atomic mass is 16.1. The number of rotatable bonds is 8. The summed E-state index contributed by atoms with van der Waals surface area (Å²) in [6.07, 6.45) is 9.81. The fraction of sp³-hybridized carbons (Fsp3) is 0.345. The average molecular weight is 468 g/mol. The largest absolute Gasteiger partial charge is 0.384 e. The van der Waals surface area contributed by atoms with E-state index in [1.807, 2.05) is 54.0 Å². The van der Waals surface area contributed by atoms with Crippen LogP contribution < -0.4 is 11.1 Å². The van der Waals surface area contributed by atoms with Crippen LogP contribution in [0.2, 0.25) is 0 Å². The number of aromatic nitrogens is 3. The molecule has 1 atom stereocenters. The molecule has 0 radical (unpaired) electrons. The second-order valence-electron chi connectivity index (χ2n) is 9.55. The maximum atomic E-state index is 13.5. The molecule has 0 spiro atoms. The van der Waals surface area contributed by atoms with Gasteiger partial charge in [-0.1, -0.05) is 54.1 Å². The van der Waals surface area contributed by atoms with Crippen LogP contribution in [0.5, 0.6) is 0 Å². The number of allylic oxidation sites excluding steroid dienone is 2. The summed E-state index contributed by atoms with van der Waals surface area (Å²) in [4.78, 5) is 23.2. The number of nitrogens with one attached hydrogen (secondary N) is 1. The van der Waals surface area contributed by atoms with Crippen molar-refractivity contribution in [2.75, 3.05) is 5.73 Å². The first kappa shape index (κ1) is 23.1. The van der Waals surface area contributed by atoms with Crippen molar-refractivity contribution in [3.63, 3.8) is 0 Å². The van der Waals surface area contributed by atoms with E-state index >= 15 is 0 Å². The minimum Gasteiger partial charge on any atom is -0.384 e. The Hall–Kier alpha value is -3.67. The molecule has 0 saturated carbocycles. The Labute approximate surface area is 206 Å². The van der Waals surface area contributed by atoms with Crippen molar-refractivity contribution in [3.8, 4) is 0 Å². The minimum atomic E-state index is -0.187. The summed E-state index contributed by atoms with van der Waals surface area (Å²) >= 11 is 0. The number of nitrogens with two attached hydrogens (primary N) is 1. The lowest BCUT2D eigenvalue weighted by molar-refractivity contribution is 0.0940. The number of anilines is 1. The van der Waals surface area contributed by atoms with Crippen LogP contribution in [0.15, 0.2) is 66.2 Å². The van der Waals surface area contributed by atoms with E-state index in [1.165, 1.54) is 24.0 Å². The maximum Gasteiger partial charge on any atom is 0.257 e. The van der Waals surface area contributed by atoms with Crippen LogP contribution >= 0.6 is 0 Å². The zero-order valence-electron chi connectivity index (χ0n) is 20.3. The molecule has 5 rings (SSSR count). The van der Waals surface area contributed by atoms with E-state index in [1.54, 1.807) is 0 Å². The number of aryl methyl sites for hydroxylation is 2. The van der Waals surface area contributed by atoms with E-state index in [0.717, 1.165) is 43.1 Å². The van der Waals surface area contributed by atoms with Gasteiger partial charge in [0.15, 0.2) is 5.65 Å².